The van der Waals surface area contributed by atoms with Crippen LogP contribution in [0.2, 0.25) is 0 Å². The lowest BCUT2D eigenvalue weighted by molar-refractivity contribution is -0.149. The highest BCUT2D eigenvalue weighted by molar-refractivity contribution is 5.72. The Morgan fingerprint density at radius 2 is 2.07 bits per heavy atom. The summed E-state index contributed by atoms with van der Waals surface area (Å²) in [5, 5.41) is 0. The molecule has 0 unspecified atom stereocenters. The van der Waals surface area contributed by atoms with Gasteiger partial charge in [0.25, 0.3) is 0 Å². The first-order valence-electron chi connectivity index (χ1n) is 6.05. The second-order valence-corrected chi connectivity index (χ2v) is 4.41. The van der Waals surface area contributed by atoms with E-state index in [4.69, 9.17) is 4.74 Å². The summed E-state index contributed by atoms with van der Waals surface area (Å²) >= 11 is 0. The number of carbonyl (C=O) groups is 1. The van der Waals surface area contributed by atoms with Gasteiger partial charge >= 0.3 is 5.97 Å². The number of esters is 1. The van der Waals surface area contributed by atoms with E-state index in [9.17, 15) is 4.79 Å². The molecule has 0 saturated heterocycles. The molecule has 0 aromatic heterocycles. The normalized spacial score (nSPS) is 25.9. The lowest BCUT2D eigenvalue weighted by atomic mass is 9.80. The van der Waals surface area contributed by atoms with Crippen LogP contribution in [0.3, 0.4) is 0 Å². The van der Waals surface area contributed by atoms with Crippen molar-refractivity contribution in [3.63, 3.8) is 0 Å². The van der Waals surface area contributed by atoms with Crippen LogP contribution in [0.4, 0.5) is 0 Å². The number of ether oxygens (including phenoxy) is 1. The van der Waals surface area contributed by atoms with Crippen LogP contribution in [0.5, 0.6) is 0 Å². The van der Waals surface area contributed by atoms with Crippen LogP contribution < -0.4 is 0 Å². The fourth-order valence-corrected chi connectivity index (χ4v) is 2.19. The van der Waals surface area contributed by atoms with Gasteiger partial charge < -0.3 is 4.74 Å². The number of hydrogen-bond donors (Lipinski definition) is 0. The third-order valence-corrected chi connectivity index (χ3v) is 3.13. The van der Waals surface area contributed by atoms with Crippen LogP contribution in [0.15, 0.2) is 12.7 Å². The summed E-state index contributed by atoms with van der Waals surface area (Å²) in [5.41, 5.74) is 0. The van der Waals surface area contributed by atoms with Gasteiger partial charge in [-0.05, 0) is 44.4 Å². The van der Waals surface area contributed by atoms with Crippen molar-refractivity contribution in [3.8, 4) is 0 Å². The van der Waals surface area contributed by atoms with Crippen molar-refractivity contribution >= 4 is 5.97 Å². The largest absolute Gasteiger partial charge is 0.465 e. The van der Waals surface area contributed by atoms with Gasteiger partial charge in [-0.25, -0.2) is 0 Å². The molecule has 0 radical (unpaired) electrons. The first-order chi connectivity index (χ1) is 7.27. The fourth-order valence-electron chi connectivity index (χ4n) is 2.19. The fraction of sp³-hybridized carbons (Fsp3) is 0.769. The molecule has 2 heteroatoms. The van der Waals surface area contributed by atoms with Crippen molar-refractivity contribution in [1.29, 1.82) is 0 Å². The van der Waals surface area contributed by atoms with E-state index in [1.165, 1.54) is 0 Å². The molecule has 1 fully saturated rings. The maximum absolute atomic E-state index is 11.6. The summed E-state index contributed by atoms with van der Waals surface area (Å²) in [6.07, 6.45) is 8.30. The van der Waals surface area contributed by atoms with Crippen LogP contribution >= 0.6 is 0 Å². The summed E-state index contributed by atoms with van der Waals surface area (Å²) in [4.78, 5) is 11.6. The summed E-state index contributed by atoms with van der Waals surface area (Å²) < 4.78 is 5.17. The minimum Gasteiger partial charge on any atom is -0.465 e. The molecule has 0 spiro atoms. The van der Waals surface area contributed by atoms with Gasteiger partial charge in [-0.2, -0.15) is 0 Å². The lowest BCUT2D eigenvalue weighted by Crippen LogP contribution is -2.23. The molecule has 86 valence electrons. The first kappa shape index (κ1) is 12.3. The second kappa shape index (κ2) is 6.65. The quantitative estimate of drug-likeness (QED) is 0.514. The Morgan fingerprint density at radius 3 is 2.60 bits per heavy atom. The van der Waals surface area contributed by atoms with E-state index >= 15 is 0 Å². The predicted molar refractivity (Wildman–Crippen MR) is 61.5 cm³/mol. The monoisotopic (exact) mass is 210 g/mol. The Balaban J connectivity index is 2.24. The Bertz CT molecular complexity index is 203. The average Bonchev–Trinajstić information content (AvgIpc) is 2.27. The topological polar surface area (TPSA) is 26.3 Å². The number of carbonyl (C=O) groups excluding carboxylic acids is 1. The van der Waals surface area contributed by atoms with Crippen LogP contribution in [0.25, 0.3) is 0 Å². The summed E-state index contributed by atoms with van der Waals surface area (Å²) in [6.45, 7) is 6.35. The van der Waals surface area contributed by atoms with E-state index in [1.54, 1.807) is 0 Å². The zero-order valence-corrected chi connectivity index (χ0v) is 9.71. The third-order valence-electron chi connectivity index (χ3n) is 3.13. The Kier molecular flexibility index (Phi) is 5.44. The molecular weight excluding hydrogens is 188 g/mol. The molecule has 1 saturated carbocycles. The van der Waals surface area contributed by atoms with E-state index in [-0.39, 0.29) is 11.9 Å². The van der Waals surface area contributed by atoms with E-state index < -0.39 is 0 Å². The Labute approximate surface area is 92.7 Å². The van der Waals surface area contributed by atoms with E-state index in [0.717, 1.165) is 44.4 Å². The highest BCUT2D eigenvalue weighted by Gasteiger charge is 2.26. The van der Waals surface area contributed by atoms with Gasteiger partial charge in [0.05, 0.1) is 12.5 Å². The molecule has 1 rings (SSSR count). The highest BCUT2D eigenvalue weighted by atomic mass is 16.5. The number of rotatable bonds is 5. The minimum absolute atomic E-state index is 0.0221. The molecule has 0 aromatic rings. The number of hydrogen-bond acceptors (Lipinski definition) is 2. The molecule has 0 N–H and O–H groups in total. The summed E-state index contributed by atoms with van der Waals surface area (Å²) in [7, 11) is 0. The molecule has 0 heterocycles. The molecule has 0 aromatic carbocycles. The molecule has 2 nitrogen and oxygen atoms in total. The SMILES string of the molecule is C=CCC1CCC(C(=O)OCCC)CC1. The zero-order chi connectivity index (χ0) is 11.1. The van der Waals surface area contributed by atoms with Gasteiger partial charge in [0, 0.05) is 0 Å². The smallest absolute Gasteiger partial charge is 0.308 e. The van der Waals surface area contributed by atoms with Gasteiger partial charge in [-0.15, -0.1) is 6.58 Å². The molecule has 1 aliphatic rings. The van der Waals surface area contributed by atoms with Crippen LogP contribution in [-0.4, -0.2) is 12.6 Å². The minimum atomic E-state index is 0.0221. The summed E-state index contributed by atoms with van der Waals surface area (Å²) in [5.74, 6) is 0.934. The molecule has 0 amide bonds. The van der Waals surface area contributed by atoms with Crippen molar-refractivity contribution < 1.29 is 9.53 Å². The highest BCUT2D eigenvalue weighted by Crippen LogP contribution is 2.31. The van der Waals surface area contributed by atoms with Gasteiger partial charge in [0.2, 0.25) is 0 Å². The van der Waals surface area contributed by atoms with Crippen LogP contribution in [-0.2, 0) is 9.53 Å². The maximum Gasteiger partial charge on any atom is 0.308 e. The average molecular weight is 210 g/mol. The van der Waals surface area contributed by atoms with Crippen molar-refractivity contribution in [3.05, 3.63) is 12.7 Å². The molecule has 15 heavy (non-hydrogen) atoms. The Morgan fingerprint density at radius 1 is 1.40 bits per heavy atom. The van der Waals surface area contributed by atoms with Crippen molar-refractivity contribution in [2.24, 2.45) is 11.8 Å². The summed E-state index contributed by atoms with van der Waals surface area (Å²) in [6, 6.07) is 0. The van der Waals surface area contributed by atoms with Gasteiger partial charge in [-0.3, -0.25) is 4.79 Å². The lowest BCUT2D eigenvalue weighted by Gasteiger charge is -2.26. The van der Waals surface area contributed by atoms with Crippen LogP contribution in [0, 0.1) is 11.8 Å². The number of allylic oxidation sites excluding steroid dienone is 1. The standard InChI is InChI=1S/C13H22O2/c1-3-5-11-6-8-12(9-7-11)13(14)15-10-4-2/h3,11-12H,1,4-10H2,2H3. The van der Waals surface area contributed by atoms with Gasteiger partial charge in [0.1, 0.15) is 0 Å². The van der Waals surface area contributed by atoms with Crippen molar-refractivity contribution in [2.45, 2.75) is 45.4 Å². The molecular formula is C13H22O2. The maximum atomic E-state index is 11.6. The van der Waals surface area contributed by atoms with Gasteiger partial charge in [-0.1, -0.05) is 13.0 Å². The molecule has 0 aliphatic heterocycles. The third kappa shape index (κ3) is 4.06. The van der Waals surface area contributed by atoms with E-state index in [1.807, 2.05) is 13.0 Å². The predicted octanol–water partition coefficient (Wildman–Crippen LogP) is 3.32. The van der Waals surface area contributed by atoms with E-state index in [0.29, 0.717) is 6.61 Å². The molecule has 0 bridgehead atoms. The van der Waals surface area contributed by atoms with Crippen molar-refractivity contribution in [2.75, 3.05) is 6.61 Å². The van der Waals surface area contributed by atoms with E-state index in [2.05, 4.69) is 6.58 Å². The molecule has 0 atom stereocenters. The second-order valence-electron chi connectivity index (χ2n) is 4.41. The zero-order valence-electron chi connectivity index (χ0n) is 9.71. The van der Waals surface area contributed by atoms with Gasteiger partial charge in [0.15, 0.2) is 0 Å². The van der Waals surface area contributed by atoms with Crippen LogP contribution in [0.1, 0.15) is 45.4 Å². The van der Waals surface area contributed by atoms with Crippen molar-refractivity contribution in [1.82, 2.24) is 0 Å². The molecule has 1 aliphatic carbocycles. The Hall–Kier alpha value is -0.790. The first-order valence-corrected chi connectivity index (χ1v) is 6.05.